The minimum atomic E-state index is 0.509. The SMILES string of the molecule is O=C1CCC2CC=C(C3CC3)C2C1. The highest BCUT2D eigenvalue weighted by molar-refractivity contribution is 5.80. The Bertz CT molecular complexity index is 273. The largest absolute Gasteiger partial charge is 0.300 e. The molecule has 0 saturated heterocycles. The summed E-state index contributed by atoms with van der Waals surface area (Å²) in [4.78, 5) is 11.4. The number of carbonyl (C=O) groups is 1. The Morgan fingerprint density at radius 1 is 1.23 bits per heavy atom. The highest BCUT2D eigenvalue weighted by atomic mass is 16.1. The number of allylic oxidation sites excluding steroid dienone is 2. The monoisotopic (exact) mass is 176 g/mol. The maximum Gasteiger partial charge on any atom is 0.133 e. The summed E-state index contributed by atoms with van der Waals surface area (Å²) in [5.74, 6) is 2.91. The predicted octanol–water partition coefficient (Wildman–Crippen LogP) is 2.71. The summed E-state index contributed by atoms with van der Waals surface area (Å²) in [5.41, 5.74) is 1.66. The first kappa shape index (κ1) is 7.78. The van der Waals surface area contributed by atoms with Gasteiger partial charge in [-0.25, -0.2) is 0 Å². The molecule has 13 heavy (non-hydrogen) atoms. The molecule has 3 aliphatic carbocycles. The molecular formula is C12H16O. The maximum atomic E-state index is 11.4. The molecule has 0 bridgehead atoms. The van der Waals surface area contributed by atoms with Crippen molar-refractivity contribution < 1.29 is 4.79 Å². The Morgan fingerprint density at radius 2 is 2.08 bits per heavy atom. The van der Waals surface area contributed by atoms with Crippen LogP contribution in [0.5, 0.6) is 0 Å². The summed E-state index contributed by atoms with van der Waals surface area (Å²) >= 11 is 0. The predicted molar refractivity (Wildman–Crippen MR) is 51.3 cm³/mol. The minimum Gasteiger partial charge on any atom is -0.300 e. The Kier molecular flexibility index (Phi) is 1.61. The van der Waals surface area contributed by atoms with Gasteiger partial charge in [0.1, 0.15) is 5.78 Å². The minimum absolute atomic E-state index is 0.509. The molecule has 2 unspecified atom stereocenters. The van der Waals surface area contributed by atoms with Crippen molar-refractivity contribution in [3.8, 4) is 0 Å². The molecule has 3 aliphatic rings. The zero-order chi connectivity index (χ0) is 8.84. The van der Waals surface area contributed by atoms with Crippen LogP contribution in [0.15, 0.2) is 11.6 Å². The van der Waals surface area contributed by atoms with E-state index in [0.29, 0.717) is 11.7 Å². The van der Waals surface area contributed by atoms with Gasteiger partial charge in [0.2, 0.25) is 0 Å². The third-order valence-electron chi connectivity index (χ3n) is 3.94. The number of rotatable bonds is 1. The Labute approximate surface area is 79.2 Å². The average Bonchev–Trinajstić information content (AvgIpc) is 2.87. The number of Topliss-reactive ketones (excluding diaryl/α,β-unsaturated/α-hetero) is 1. The van der Waals surface area contributed by atoms with E-state index in [1.165, 1.54) is 19.3 Å². The fraction of sp³-hybridized carbons (Fsp3) is 0.750. The molecule has 0 N–H and O–H groups in total. The fourth-order valence-corrected chi connectivity index (χ4v) is 3.06. The summed E-state index contributed by atoms with van der Waals surface area (Å²) in [7, 11) is 0. The average molecular weight is 176 g/mol. The lowest BCUT2D eigenvalue weighted by Gasteiger charge is -2.26. The van der Waals surface area contributed by atoms with Gasteiger partial charge in [0.15, 0.2) is 0 Å². The first-order valence-electron chi connectivity index (χ1n) is 5.56. The number of hydrogen-bond donors (Lipinski definition) is 0. The third kappa shape index (κ3) is 1.25. The van der Waals surface area contributed by atoms with Crippen LogP contribution in [0, 0.1) is 17.8 Å². The molecule has 0 aromatic heterocycles. The van der Waals surface area contributed by atoms with Crippen LogP contribution >= 0.6 is 0 Å². The van der Waals surface area contributed by atoms with Crippen molar-refractivity contribution in [3.05, 3.63) is 11.6 Å². The van der Waals surface area contributed by atoms with Gasteiger partial charge in [0.05, 0.1) is 0 Å². The summed E-state index contributed by atoms with van der Waals surface area (Å²) in [5, 5.41) is 0. The zero-order valence-electron chi connectivity index (χ0n) is 7.96. The van der Waals surface area contributed by atoms with Crippen molar-refractivity contribution in [2.24, 2.45) is 17.8 Å². The van der Waals surface area contributed by atoms with Crippen molar-refractivity contribution in [2.45, 2.75) is 38.5 Å². The van der Waals surface area contributed by atoms with Crippen LogP contribution in [-0.2, 0) is 4.79 Å². The van der Waals surface area contributed by atoms with Gasteiger partial charge >= 0.3 is 0 Å². The fourth-order valence-electron chi connectivity index (χ4n) is 3.06. The summed E-state index contributed by atoms with van der Waals surface area (Å²) in [6.45, 7) is 0. The van der Waals surface area contributed by atoms with E-state index >= 15 is 0 Å². The van der Waals surface area contributed by atoms with Crippen LogP contribution in [0.2, 0.25) is 0 Å². The van der Waals surface area contributed by atoms with Crippen LogP contribution in [0.4, 0.5) is 0 Å². The van der Waals surface area contributed by atoms with E-state index < -0.39 is 0 Å². The molecule has 1 heteroatoms. The first-order valence-corrected chi connectivity index (χ1v) is 5.56. The smallest absolute Gasteiger partial charge is 0.133 e. The van der Waals surface area contributed by atoms with Crippen LogP contribution in [0.25, 0.3) is 0 Å². The summed E-state index contributed by atoms with van der Waals surface area (Å²) in [6, 6.07) is 0. The number of fused-ring (bicyclic) bond motifs is 1. The second-order valence-electron chi connectivity index (χ2n) is 4.86. The molecule has 0 radical (unpaired) electrons. The molecule has 1 nitrogen and oxygen atoms in total. The molecule has 0 heterocycles. The molecule has 2 atom stereocenters. The van der Waals surface area contributed by atoms with E-state index in [9.17, 15) is 4.79 Å². The molecule has 2 saturated carbocycles. The lowest BCUT2D eigenvalue weighted by Crippen LogP contribution is -2.23. The van der Waals surface area contributed by atoms with Gasteiger partial charge in [-0.05, 0) is 43.4 Å². The van der Waals surface area contributed by atoms with Crippen molar-refractivity contribution in [2.75, 3.05) is 0 Å². The second kappa shape index (κ2) is 2.70. The van der Waals surface area contributed by atoms with Gasteiger partial charge in [-0.3, -0.25) is 4.79 Å². The first-order chi connectivity index (χ1) is 6.34. The number of ketones is 1. The third-order valence-corrected chi connectivity index (χ3v) is 3.94. The zero-order valence-corrected chi connectivity index (χ0v) is 7.96. The molecule has 0 aromatic rings. The standard InChI is InChI=1S/C12H16O/c13-10-5-3-9-4-6-11(8-1-2-8)12(9)7-10/h6,8-9,12H,1-5,7H2. The van der Waals surface area contributed by atoms with Crippen molar-refractivity contribution in [1.29, 1.82) is 0 Å². The normalized spacial score (nSPS) is 38.8. The van der Waals surface area contributed by atoms with Gasteiger partial charge in [-0.2, -0.15) is 0 Å². The lowest BCUT2D eigenvalue weighted by molar-refractivity contribution is -0.122. The van der Waals surface area contributed by atoms with Crippen LogP contribution in [-0.4, -0.2) is 5.78 Å². The summed E-state index contributed by atoms with van der Waals surface area (Å²) in [6.07, 6.45) is 9.39. The van der Waals surface area contributed by atoms with Crippen LogP contribution in [0.1, 0.15) is 38.5 Å². The highest BCUT2D eigenvalue weighted by Gasteiger charge is 2.40. The summed E-state index contributed by atoms with van der Waals surface area (Å²) < 4.78 is 0. The van der Waals surface area contributed by atoms with Crippen molar-refractivity contribution >= 4 is 5.78 Å². The highest BCUT2D eigenvalue weighted by Crippen LogP contribution is 2.50. The molecule has 70 valence electrons. The van der Waals surface area contributed by atoms with E-state index in [0.717, 1.165) is 31.1 Å². The van der Waals surface area contributed by atoms with Crippen LogP contribution in [0.3, 0.4) is 0 Å². The van der Waals surface area contributed by atoms with Gasteiger partial charge in [0.25, 0.3) is 0 Å². The number of carbonyl (C=O) groups excluding carboxylic acids is 1. The van der Waals surface area contributed by atoms with E-state index in [1.54, 1.807) is 5.57 Å². The molecule has 0 amide bonds. The van der Waals surface area contributed by atoms with Gasteiger partial charge in [-0.1, -0.05) is 11.6 Å². The molecule has 0 aromatic carbocycles. The molecule has 0 aliphatic heterocycles. The molecule has 3 rings (SSSR count). The van der Waals surface area contributed by atoms with E-state index in [4.69, 9.17) is 0 Å². The molecular weight excluding hydrogens is 160 g/mol. The molecule has 0 spiro atoms. The van der Waals surface area contributed by atoms with Gasteiger partial charge in [0, 0.05) is 12.8 Å². The number of hydrogen-bond acceptors (Lipinski definition) is 1. The maximum absolute atomic E-state index is 11.4. The Morgan fingerprint density at radius 3 is 2.85 bits per heavy atom. The van der Waals surface area contributed by atoms with E-state index in [1.807, 2.05) is 0 Å². The van der Waals surface area contributed by atoms with Crippen molar-refractivity contribution in [1.82, 2.24) is 0 Å². The Balaban J connectivity index is 1.80. The van der Waals surface area contributed by atoms with E-state index in [2.05, 4.69) is 6.08 Å². The quantitative estimate of drug-likeness (QED) is 0.561. The van der Waals surface area contributed by atoms with Gasteiger partial charge in [-0.15, -0.1) is 0 Å². The van der Waals surface area contributed by atoms with Crippen LogP contribution < -0.4 is 0 Å². The Hall–Kier alpha value is -0.590. The van der Waals surface area contributed by atoms with Crippen molar-refractivity contribution in [3.63, 3.8) is 0 Å². The lowest BCUT2D eigenvalue weighted by atomic mass is 9.77. The molecule has 2 fully saturated rings. The van der Waals surface area contributed by atoms with E-state index in [-0.39, 0.29) is 0 Å². The second-order valence-corrected chi connectivity index (χ2v) is 4.86. The topological polar surface area (TPSA) is 17.1 Å². The van der Waals surface area contributed by atoms with Gasteiger partial charge < -0.3 is 0 Å².